The molecule has 3 rings (SSSR count). The SMILES string of the molecule is O=c1c2ccccc2sc2ccc([S])cc12. The Hall–Kier alpha value is -1.45. The van der Waals surface area contributed by atoms with Gasteiger partial charge in [0, 0.05) is 25.1 Å². The predicted octanol–water partition coefficient (Wildman–Crippen LogP) is 3.97. The van der Waals surface area contributed by atoms with Gasteiger partial charge in [-0.25, -0.2) is 0 Å². The third-order valence-corrected chi connectivity index (χ3v) is 3.95. The van der Waals surface area contributed by atoms with Gasteiger partial charge in [0.2, 0.25) is 0 Å². The van der Waals surface area contributed by atoms with Gasteiger partial charge in [-0.1, -0.05) is 24.8 Å². The summed E-state index contributed by atoms with van der Waals surface area (Å²) < 4.78 is 2.02. The van der Waals surface area contributed by atoms with Crippen molar-refractivity contribution in [2.75, 3.05) is 0 Å². The maximum absolute atomic E-state index is 12.2. The summed E-state index contributed by atoms with van der Waals surface area (Å²) in [5.74, 6) is 0. The molecular formula is C13H7OS2. The second-order valence-corrected chi connectivity index (χ2v) is 5.14. The van der Waals surface area contributed by atoms with E-state index < -0.39 is 0 Å². The molecule has 1 nitrogen and oxygen atoms in total. The normalized spacial score (nSPS) is 11.0. The minimum Gasteiger partial charge on any atom is -0.289 e. The smallest absolute Gasteiger partial charge is 0.195 e. The van der Waals surface area contributed by atoms with Crippen LogP contribution in [0.25, 0.3) is 20.2 Å². The Morgan fingerprint density at radius 3 is 2.56 bits per heavy atom. The molecule has 0 saturated heterocycles. The lowest BCUT2D eigenvalue weighted by atomic mass is 10.2. The van der Waals surface area contributed by atoms with Crippen molar-refractivity contribution in [3.8, 4) is 0 Å². The molecule has 0 atom stereocenters. The highest BCUT2D eigenvalue weighted by molar-refractivity contribution is 7.80. The molecule has 0 bridgehead atoms. The molecule has 0 fully saturated rings. The first-order chi connectivity index (χ1) is 7.75. The van der Waals surface area contributed by atoms with Crippen LogP contribution in [0.1, 0.15) is 0 Å². The standard InChI is InChI=1S/C13H7OS2/c14-13-9-3-1-2-4-11(9)16-12-6-5-8(15)7-10(12)13/h1-7H. The Morgan fingerprint density at radius 2 is 1.69 bits per heavy atom. The zero-order valence-corrected chi connectivity index (χ0v) is 9.90. The summed E-state index contributed by atoms with van der Waals surface area (Å²) in [7, 11) is 0. The van der Waals surface area contributed by atoms with Crippen molar-refractivity contribution in [1.29, 1.82) is 0 Å². The number of hydrogen-bond donors (Lipinski definition) is 0. The van der Waals surface area contributed by atoms with Gasteiger partial charge in [0.1, 0.15) is 0 Å². The van der Waals surface area contributed by atoms with Crippen LogP contribution < -0.4 is 5.43 Å². The monoisotopic (exact) mass is 243 g/mol. The Kier molecular flexibility index (Phi) is 2.16. The van der Waals surface area contributed by atoms with Gasteiger partial charge in [-0.05, 0) is 30.3 Å². The van der Waals surface area contributed by atoms with E-state index in [1.54, 1.807) is 17.4 Å². The Labute approximate surface area is 102 Å². The van der Waals surface area contributed by atoms with E-state index in [-0.39, 0.29) is 5.43 Å². The van der Waals surface area contributed by atoms with Crippen molar-refractivity contribution in [3.63, 3.8) is 0 Å². The fourth-order valence-electron chi connectivity index (χ4n) is 1.78. The molecule has 2 aromatic carbocycles. The lowest BCUT2D eigenvalue weighted by molar-refractivity contribution is 1.53. The Bertz CT molecular complexity index is 744. The highest BCUT2D eigenvalue weighted by atomic mass is 32.1. The van der Waals surface area contributed by atoms with Crippen LogP contribution in [0.2, 0.25) is 0 Å². The molecule has 1 heterocycles. The zero-order valence-electron chi connectivity index (χ0n) is 8.27. The van der Waals surface area contributed by atoms with E-state index in [2.05, 4.69) is 0 Å². The summed E-state index contributed by atoms with van der Waals surface area (Å²) >= 11 is 6.72. The Morgan fingerprint density at radius 1 is 0.938 bits per heavy atom. The maximum atomic E-state index is 12.2. The van der Waals surface area contributed by atoms with E-state index in [0.29, 0.717) is 4.90 Å². The first-order valence-electron chi connectivity index (χ1n) is 4.88. The molecule has 0 aliphatic rings. The lowest BCUT2D eigenvalue weighted by Gasteiger charge is -2.00. The third kappa shape index (κ3) is 1.40. The van der Waals surface area contributed by atoms with Gasteiger partial charge in [-0.15, -0.1) is 11.3 Å². The van der Waals surface area contributed by atoms with Gasteiger partial charge in [0.05, 0.1) is 0 Å². The molecule has 3 heteroatoms. The molecule has 0 amide bonds. The van der Waals surface area contributed by atoms with E-state index in [4.69, 9.17) is 12.6 Å². The van der Waals surface area contributed by atoms with Gasteiger partial charge in [-0.3, -0.25) is 4.79 Å². The number of rotatable bonds is 0. The molecule has 0 saturated carbocycles. The topological polar surface area (TPSA) is 17.1 Å². The van der Waals surface area contributed by atoms with Crippen molar-refractivity contribution < 1.29 is 0 Å². The minimum absolute atomic E-state index is 0.0797. The highest BCUT2D eigenvalue weighted by Gasteiger charge is 2.05. The van der Waals surface area contributed by atoms with Crippen molar-refractivity contribution in [1.82, 2.24) is 0 Å². The van der Waals surface area contributed by atoms with Gasteiger partial charge < -0.3 is 0 Å². The van der Waals surface area contributed by atoms with Gasteiger partial charge in [0.15, 0.2) is 5.43 Å². The first kappa shape index (κ1) is 9.75. The highest BCUT2D eigenvalue weighted by Crippen LogP contribution is 2.25. The van der Waals surface area contributed by atoms with Crippen LogP contribution in [0.4, 0.5) is 0 Å². The molecule has 0 aliphatic heterocycles. The maximum Gasteiger partial charge on any atom is 0.195 e. The molecule has 1 radical (unpaired) electrons. The van der Waals surface area contributed by atoms with Crippen LogP contribution in [0.15, 0.2) is 52.2 Å². The van der Waals surface area contributed by atoms with Gasteiger partial charge in [0.25, 0.3) is 0 Å². The van der Waals surface area contributed by atoms with Gasteiger partial charge in [-0.2, -0.15) is 0 Å². The third-order valence-electron chi connectivity index (χ3n) is 2.55. The molecule has 0 aliphatic carbocycles. The summed E-state index contributed by atoms with van der Waals surface area (Å²) in [6.45, 7) is 0. The molecular weight excluding hydrogens is 236 g/mol. The van der Waals surface area contributed by atoms with E-state index in [1.165, 1.54) is 0 Å². The van der Waals surface area contributed by atoms with Crippen molar-refractivity contribution in [3.05, 3.63) is 52.7 Å². The molecule has 3 aromatic rings. The Balaban J connectivity index is 2.61. The molecule has 0 N–H and O–H groups in total. The molecule has 77 valence electrons. The number of hydrogen-bond acceptors (Lipinski definition) is 2. The van der Waals surface area contributed by atoms with Crippen LogP contribution >= 0.6 is 24.0 Å². The molecule has 0 unspecified atom stereocenters. The number of fused-ring (bicyclic) bond motifs is 2. The van der Waals surface area contributed by atoms with Crippen molar-refractivity contribution >= 4 is 44.1 Å². The number of benzene rings is 2. The summed E-state index contributed by atoms with van der Waals surface area (Å²) in [5.41, 5.74) is 0.0797. The van der Waals surface area contributed by atoms with E-state index in [9.17, 15) is 4.79 Å². The quantitative estimate of drug-likeness (QED) is 0.546. The zero-order chi connectivity index (χ0) is 11.1. The van der Waals surface area contributed by atoms with Crippen molar-refractivity contribution in [2.24, 2.45) is 0 Å². The van der Waals surface area contributed by atoms with Crippen LogP contribution in [-0.2, 0) is 0 Å². The lowest BCUT2D eigenvalue weighted by Crippen LogP contribution is -2.00. The predicted molar refractivity (Wildman–Crippen MR) is 71.5 cm³/mol. The fourth-order valence-corrected chi connectivity index (χ4v) is 3.02. The van der Waals surface area contributed by atoms with Crippen LogP contribution in [-0.4, -0.2) is 0 Å². The summed E-state index contributed by atoms with van der Waals surface area (Å²) in [6, 6.07) is 13.3. The van der Waals surface area contributed by atoms with Crippen LogP contribution in [0, 0.1) is 0 Å². The summed E-state index contributed by atoms with van der Waals surface area (Å²) in [5, 5.41) is 1.51. The van der Waals surface area contributed by atoms with E-state index in [1.807, 2.05) is 36.4 Å². The van der Waals surface area contributed by atoms with Crippen LogP contribution in [0.3, 0.4) is 0 Å². The van der Waals surface area contributed by atoms with Crippen molar-refractivity contribution in [2.45, 2.75) is 4.90 Å². The molecule has 16 heavy (non-hydrogen) atoms. The summed E-state index contributed by atoms with van der Waals surface area (Å²) in [6.07, 6.45) is 0. The molecule has 1 aromatic heterocycles. The second-order valence-electron chi connectivity index (χ2n) is 3.59. The largest absolute Gasteiger partial charge is 0.289 e. The molecule has 0 spiro atoms. The second kappa shape index (κ2) is 3.54. The van der Waals surface area contributed by atoms with E-state index in [0.717, 1.165) is 20.2 Å². The van der Waals surface area contributed by atoms with Gasteiger partial charge >= 0.3 is 0 Å². The van der Waals surface area contributed by atoms with Crippen LogP contribution in [0.5, 0.6) is 0 Å². The average Bonchev–Trinajstić information content (AvgIpc) is 2.31. The average molecular weight is 243 g/mol. The fraction of sp³-hybridized carbons (Fsp3) is 0. The van der Waals surface area contributed by atoms with E-state index >= 15 is 0 Å². The minimum atomic E-state index is 0.0797. The first-order valence-corrected chi connectivity index (χ1v) is 6.11. The summed E-state index contributed by atoms with van der Waals surface area (Å²) in [4.78, 5) is 12.9.